The van der Waals surface area contributed by atoms with Gasteiger partial charge >= 0.3 is 0 Å². The summed E-state index contributed by atoms with van der Waals surface area (Å²) in [4.78, 5) is 6.99. The first-order chi connectivity index (χ1) is 10.5. The second kappa shape index (κ2) is 5.72. The van der Waals surface area contributed by atoms with Gasteiger partial charge in [-0.15, -0.1) is 0 Å². The monoisotopic (exact) mass is 300 g/mol. The third-order valence-corrected chi connectivity index (χ3v) is 4.45. The number of ether oxygens (including phenoxy) is 1. The molecule has 0 bridgehead atoms. The average Bonchev–Trinajstić information content (AvgIpc) is 2.75. The number of aromatic nitrogens is 3. The van der Waals surface area contributed by atoms with Crippen molar-refractivity contribution >= 4 is 0 Å². The molecular weight excluding hydrogens is 276 g/mol. The van der Waals surface area contributed by atoms with Crippen molar-refractivity contribution in [3.05, 3.63) is 40.5 Å². The number of rotatable bonds is 4. The van der Waals surface area contributed by atoms with Gasteiger partial charge < -0.3 is 4.74 Å². The van der Waals surface area contributed by atoms with Gasteiger partial charge in [0.25, 0.3) is 0 Å². The highest BCUT2D eigenvalue weighted by molar-refractivity contribution is 5.41. The summed E-state index contributed by atoms with van der Waals surface area (Å²) >= 11 is 0. The Balaban J connectivity index is 1.66. The Labute approximate surface area is 131 Å². The number of hydrogen-bond donors (Lipinski definition) is 0. The lowest BCUT2D eigenvalue weighted by Crippen LogP contribution is -2.47. The van der Waals surface area contributed by atoms with E-state index in [1.54, 1.807) is 7.11 Å². The van der Waals surface area contributed by atoms with Gasteiger partial charge in [-0.3, -0.25) is 14.6 Å². The molecule has 0 saturated carbocycles. The predicted octanol–water partition coefficient (Wildman–Crippen LogP) is 2.58. The van der Waals surface area contributed by atoms with Crippen LogP contribution in [-0.2, 0) is 6.54 Å². The Morgan fingerprint density at radius 2 is 1.95 bits per heavy atom. The first kappa shape index (κ1) is 15.0. The minimum absolute atomic E-state index is 0.487. The Hall–Kier alpha value is -1.88. The van der Waals surface area contributed by atoms with E-state index < -0.39 is 0 Å². The molecule has 0 spiro atoms. The average molecular weight is 300 g/mol. The zero-order chi connectivity index (χ0) is 15.9. The van der Waals surface area contributed by atoms with E-state index in [4.69, 9.17) is 4.74 Å². The molecule has 1 fully saturated rings. The van der Waals surface area contributed by atoms with Gasteiger partial charge in [0, 0.05) is 42.7 Å². The van der Waals surface area contributed by atoms with E-state index in [0.717, 1.165) is 47.9 Å². The molecule has 1 saturated heterocycles. The molecule has 0 radical (unpaired) electrons. The molecule has 0 unspecified atom stereocenters. The molecule has 0 aromatic carbocycles. The second-order valence-corrected chi connectivity index (χ2v) is 6.27. The maximum atomic E-state index is 5.49. The van der Waals surface area contributed by atoms with E-state index >= 15 is 0 Å². The number of methoxy groups -OCH3 is 1. The summed E-state index contributed by atoms with van der Waals surface area (Å²) in [5.74, 6) is 0.959. The Kier molecular flexibility index (Phi) is 3.91. The number of nitrogens with zero attached hydrogens (tertiary/aromatic N) is 4. The maximum Gasteiger partial charge on any atom is 0.128 e. The number of likely N-dealkylation sites (tertiary alicyclic amines) is 1. The third-order valence-electron chi connectivity index (χ3n) is 4.45. The van der Waals surface area contributed by atoms with Gasteiger partial charge in [0.1, 0.15) is 5.75 Å². The summed E-state index contributed by atoms with van der Waals surface area (Å²) in [6.07, 6.45) is 1.90. The molecule has 2 aromatic rings. The van der Waals surface area contributed by atoms with Crippen molar-refractivity contribution in [2.45, 2.75) is 40.3 Å². The SMILES string of the molecule is COc1c(C)cnc(CN2CC(n3nc(C)cc3C)C2)c1C. The number of pyridine rings is 1. The van der Waals surface area contributed by atoms with Gasteiger partial charge in [0.15, 0.2) is 0 Å². The zero-order valence-corrected chi connectivity index (χ0v) is 14.1. The molecule has 3 heterocycles. The maximum absolute atomic E-state index is 5.49. The van der Waals surface area contributed by atoms with Crippen LogP contribution in [-0.4, -0.2) is 39.9 Å². The summed E-state index contributed by atoms with van der Waals surface area (Å²) in [5, 5.41) is 4.58. The molecule has 118 valence electrons. The highest BCUT2D eigenvalue weighted by Gasteiger charge is 2.30. The van der Waals surface area contributed by atoms with Crippen LogP contribution < -0.4 is 4.74 Å². The topological polar surface area (TPSA) is 43.2 Å². The normalized spacial score (nSPS) is 15.9. The van der Waals surface area contributed by atoms with Crippen LogP contribution >= 0.6 is 0 Å². The van der Waals surface area contributed by atoms with E-state index in [0.29, 0.717) is 6.04 Å². The third kappa shape index (κ3) is 2.61. The minimum Gasteiger partial charge on any atom is -0.496 e. The lowest BCUT2D eigenvalue weighted by atomic mass is 10.1. The predicted molar refractivity (Wildman–Crippen MR) is 86.3 cm³/mol. The van der Waals surface area contributed by atoms with Crippen molar-refractivity contribution in [3.63, 3.8) is 0 Å². The molecule has 0 N–H and O–H groups in total. The molecular formula is C17H24N4O. The van der Waals surface area contributed by atoms with Crippen LogP contribution in [0.25, 0.3) is 0 Å². The quantitative estimate of drug-likeness (QED) is 0.870. The molecule has 5 nitrogen and oxygen atoms in total. The molecule has 3 rings (SSSR count). The summed E-state index contributed by atoms with van der Waals surface area (Å²) in [6.45, 7) is 11.2. The van der Waals surface area contributed by atoms with E-state index in [2.05, 4.69) is 39.6 Å². The van der Waals surface area contributed by atoms with Gasteiger partial charge in [0.2, 0.25) is 0 Å². The standard InChI is InChI=1S/C17H24N4O/c1-11-7-18-16(14(4)17(11)22-5)10-20-8-15(9-20)21-13(3)6-12(2)19-21/h6-7,15H,8-10H2,1-5H3. The van der Waals surface area contributed by atoms with Crippen molar-refractivity contribution < 1.29 is 4.74 Å². The van der Waals surface area contributed by atoms with Gasteiger partial charge in [0.05, 0.1) is 24.5 Å². The molecule has 1 aliphatic heterocycles. The molecule has 22 heavy (non-hydrogen) atoms. The molecule has 0 aliphatic carbocycles. The highest BCUT2D eigenvalue weighted by atomic mass is 16.5. The van der Waals surface area contributed by atoms with Gasteiger partial charge in [-0.2, -0.15) is 5.10 Å². The van der Waals surface area contributed by atoms with Gasteiger partial charge in [-0.1, -0.05) is 0 Å². The number of hydrogen-bond acceptors (Lipinski definition) is 4. The smallest absolute Gasteiger partial charge is 0.128 e. The highest BCUT2D eigenvalue weighted by Crippen LogP contribution is 2.28. The largest absolute Gasteiger partial charge is 0.496 e. The Morgan fingerprint density at radius 1 is 1.23 bits per heavy atom. The van der Waals surface area contributed by atoms with Crippen molar-refractivity contribution in [2.75, 3.05) is 20.2 Å². The van der Waals surface area contributed by atoms with Gasteiger partial charge in [-0.05, 0) is 33.8 Å². The van der Waals surface area contributed by atoms with Crippen LogP contribution in [0.15, 0.2) is 12.3 Å². The van der Waals surface area contributed by atoms with E-state index in [9.17, 15) is 0 Å². The molecule has 2 aromatic heterocycles. The zero-order valence-electron chi connectivity index (χ0n) is 14.1. The van der Waals surface area contributed by atoms with Crippen molar-refractivity contribution in [3.8, 4) is 5.75 Å². The summed E-state index contributed by atoms with van der Waals surface area (Å²) < 4.78 is 7.64. The van der Waals surface area contributed by atoms with E-state index in [1.165, 1.54) is 5.69 Å². The number of aryl methyl sites for hydroxylation is 3. The van der Waals surface area contributed by atoms with E-state index in [1.807, 2.05) is 20.0 Å². The molecule has 0 atom stereocenters. The van der Waals surface area contributed by atoms with Crippen LogP contribution in [0.5, 0.6) is 5.75 Å². The van der Waals surface area contributed by atoms with Crippen LogP contribution in [0.4, 0.5) is 0 Å². The van der Waals surface area contributed by atoms with Gasteiger partial charge in [-0.25, -0.2) is 0 Å². The second-order valence-electron chi connectivity index (χ2n) is 6.27. The summed E-state index contributed by atoms with van der Waals surface area (Å²) in [6, 6.07) is 2.63. The molecule has 5 heteroatoms. The lowest BCUT2D eigenvalue weighted by molar-refractivity contribution is 0.0877. The first-order valence-electron chi connectivity index (χ1n) is 7.73. The van der Waals surface area contributed by atoms with Crippen LogP contribution in [0.3, 0.4) is 0 Å². The van der Waals surface area contributed by atoms with E-state index in [-0.39, 0.29) is 0 Å². The lowest BCUT2D eigenvalue weighted by Gasteiger charge is -2.39. The fourth-order valence-electron chi connectivity index (χ4n) is 3.28. The van der Waals surface area contributed by atoms with Crippen molar-refractivity contribution in [1.29, 1.82) is 0 Å². The molecule has 0 amide bonds. The van der Waals surface area contributed by atoms with Crippen LogP contribution in [0, 0.1) is 27.7 Å². The Bertz CT molecular complexity index is 686. The minimum atomic E-state index is 0.487. The van der Waals surface area contributed by atoms with Crippen LogP contribution in [0.2, 0.25) is 0 Å². The van der Waals surface area contributed by atoms with Crippen molar-refractivity contribution in [1.82, 2.24) is 19.7 Å². The van der Waals surface area contributed by atoms with Crippen molar-refractivity contribution in [2.24, 2.45) is 0 Å². The fraction of sp³-hybridized carbons (Fsp3) is 0.529. The van der Waals surface area contributed by atoms with Crippen LogP contribution in [0.1, 0.15) is 34.3 Å². The Morgan fingerprint density at radius 3 is 2.55 bits per heavy atom. The molecule has 1 aliphatic rings. The first-order valence-corrected chi connectivity index (χ1v) is 7.73. The fourth-order valence-corrected chi connectivity index (χ4v) is 3.28. The summed E-state index contributed by atoms with van der Waals surface area (Å²) in [5.41, 5.74) is 5.68. The summed E-state index contributed by atoms with van der Waals surface area (Å²) in [7, 11) is 1.72.